The molecule has 1 unspecified atom stereocenters. The quantitative estimate of drug-likeness (QED) is 0.662. The van der Waals surface area contributed by atoms with Gasteiger partial charge < -0.3 is 20.5 Å². The summed E-state index contributed by atoms with van der Waals surface area (Å²) < 4.78 is 5.05. The van der Waals surface area contributed by atoms with E-state index >= 15 is 0 Å². The summed E-state index contributed by atoms with van der Waals surface area (Å²) in [7, 11) is 0. The molecule has 138 valence electrons. The lowest BCUT2D eigenvalue weighted by atomic mass is 10.0. The van der Waals surface area contributed by atoms with Gasteiger partial charge in [0.25, 0.3) is 0 Å². The van der Waals surface area contributed by atoms with E-state index in [4.69, 9.17) is 4.74 Å². The van der Waals surface area contributed by atoms with Gasteiger partial charge in [0, 0.05) is 6.42 Å². The zero-order chi connectivity index (χ0) is 18.2. The van der Waals surface area contributed by atoms with E-state index < -0.39 is 18.4 Å². The summed E-state index contributed by atoms with van der Waals surface area (Å²) in [6, 6.07) is 8.77. The van der Waals surface area contributed by atoms with Gasteiger partial charge in [-0.05, 0) is 30.7 Å². The van der Waals surface area contributed by atoms with E-state index in [0.717, 1.165) is 5.56 Å². The number of amides is 2. The molecule has 3 N–H and O–H groups in total. The number of carbonyl (C=O) groups is 2. The molecule has 0 saturated carbocycles. The fourth-order valence-corrected chi connectivity index (χ4v) is 2.87. The number of aryl methyl sites for hydroxylation is 1. The van der Waals surface area contributed by atoms with Crippen LogP contribution in [0.15, 0.2) is 30.3 Å². The first-order chi connectivity index (χ1) is 12.0. The average molecular weight is 348 g/mol. The van der Waals surface area contributed by atoms with Crippen molar-refractivity contribution in [2.75, 3.05) is 6.61 Å². The van der Waals surface area contributed by atoms with E-state index in [1.165, 1.54) is 0 Å². The number of hydrogen-bond donors (Lipinski definition) is 3. The Hall–Kier alpha value is -1.92. The van der Waals surface area contributed by atoms with Crippen LogP contribution < -0.4 is 10.6 Å². The maximum atomic E-state index is 12.5. The van der Waals surface area contributed by atoms with Crippen LogP contribution in [-0.2, 0) is 20.7 Å². The summed E-state index contributed by atoms with van der Waals surface area (Å²) in [4.78, 5) is 24.7. The van der Waals surface area contributed by atoms with Crippen LogP contribution in [0.2, 0.25) is 0 Å². The third-order valence-electron chi connectivity index (χ3n) is 4.23. The SMILES string of the molecule is CC(C)C[C@H](NC(=O)CCc1ccccc1)C(=O)N[C@H]1CCOC1O. The van der Waals surface area contributed by atoms with E-state index in [1.807, 2.05) is 44.2 Å². The highest BCUT2D eigenvalue weighted by Crippen LogP contribution is 2.12. The van der Waals surface area contributed by atoms with Crippen molar-refractivity contribution in [2.45, 2.75) is 57.9 Å². The first-order valence-electron chi connectivity index (χ1n) is 8.89. The lowest BCUT2D eigenvalue weighted by Gasteiger charge is -2.23. The second kappa shape index (κ2) is 9.53. The Labute approximate surface area is 149 Å². The van der Waals surface area contributed by atoms with Gasteiger partial charge in [-0.3, -0.25) is 9.59 Å². The first kappa shape index (κ1) is 19.4. The average Bonchev–Trinajstić information content (AvgIpc) is 2.98. The van der Waals surface area contributed by atoms with Crippen molar-refractivity contribution < 1.29 is 19.4 Å². The molecule has 1 aliphatic heterocycles. The molecule has 0 aliphatic carbocycles. The number of carbonyl (C=O) groups excluding carboxylic acids is 2. The number of nitrogens with one attached hydrogen (secondary N) is 2. The third-order valence-corrected chi connectivity index (χ3v) is 4.23. The van der Waals surface area contributed by atoms with Crippen LogP contribution in [0.4, 0.5) is 0 Å². The number of hydrogen-bond acceptors (Lipinski definition) is 4. The van der Waals surface area contributed by atoms with Gasteiger partial charge in [0.2, 0.25) is 11.8 Å². The second-order valence-electron chi connectivity index (χ2n) is 6.90. The van der Waals surface area contributed by atoms with Crippen molar-refractivity contribution >= 4 is 11.8 Å². The fraction of sp³-hybridized carbons (Fsp3) is 0.579. The predicted octanol–water partition coefficient (Wildman–Crippen LogP) is 1.37. The Balaban J connectivity index is 1.87. The molecule has 1 fully saturated rings. The van der Waals surface area contributed by atoms with Gasteiger partial charge in [-0.25, -0.2) is 0 Å². The molecule has 6 nitrogen and oxygen atoms in total. The zero-order valence-corrected chi connectivity index (χ0v) is 14.9. The minimum Gasteiger partial charge on any atom is -0.366 e. The highest BCUT2D eigenvalue weighted by Gasteiger charge is 2.30. The molecule has 6 heteroatoms. The molecule has 25 heavy (non-hydrogen) atoms. The van der Waals surface area contributed by atoms with Gasteiger partial charge in [0.05, 0.1) is 12.6 Å². The Bertz CT molecular complexity index is 562. The van der Waals surface area contributed by atoms with Crippen molar-refractivity contribution in [3.63, 3.8) is 0 Å². The highest BCUT2D eigenvalue weighted by molar-refractivity contribution is 5.87. The van der Waals surface area contributed by atoms with Crippen molar-refractivity contribution in [3.8, 4) is 0 Å². The van der Waals surface area contributed by atoms with E-state index in [0.29, 0.717) is 32.3 Å². The monoisotopic (exact) mass is 348 g/mol. The normalized spacial score (nSPS) is 21.1. The maximum Gasteiger partial charge on any atom is 0.242 e. The van der Waals surface area contributed by atoms with Gasteiger partial charge in [-0.1, -0.05) is 44.2 Å². The molecule has 0 aromatic heterocycles. The maximum absolute atomic E-state index is 12.5. The van der Waals surface area contributed by atoms with E-state index in [1.54, 1.807) is 0 Å². The zero-order valence-electron chi connectivity index (χ0n) is 14.9. The Morgan fingerprint density at radius 2 is 2.00 bits per heavy atom. The molecule has 1 aromatic carbocycles. The summed E-state index contributed by atoms with van der Waals surface area (Å²) >= 11 is 0. The number of ether oxygens (including phenoxy) is 1. The predicted molar refractivity (Wildman–Crippen MR) is 94.7 cm³/mol. The largest absolute Gasteiger partial charge is 0.366 e. The molecule has 0 radical (unpaired) electrons. The number of rotatable bonds is 8. The van der Waals surface area contributed by atoms with Crippen molar-refractivity contribution in [3.05, 3.63) is 35.9 Å². The Kier molecular flexibility index (Phi) is 7.40. The summed E-state index contributed by atoms with van der Waals surface area (Å²) in [6.07, 6.45) is 1.12. The van der Waals surface area contributed by atoms with E-state index in [9.17, 15) is 14.7 Å². The van der Waals surface area contributed by atoms with Gasteiger partial charge in [-0.2, -0.15) is 0 Å². The lowest BCUT2D eigenvalue weighted by Crippen LogP contribution is -2.51. The molecule has 2 rings (SSSR count). The van der Waals surface area contributed by atoms with Crippen LogP contribution in [0.3, 0.4) is 0 Å². The fourth-order valence-electron chi connectivity index (χ4n) is 2.87. The Morgan fingerprint density at radius 3 is 2.60 bits per heavy atom. The summed E-state index contributed by atoms with van der Waals surface area (Å²) in [5.74, 6) is -0.154. The van der Waals surface area contributed by atoms with Crippen molar-refractivity contribution in [1.82, 2.24) is 10.6 Å². The molecule has 0 bridgehead atoms. The molecule has 1 aromatic rings. The summed E-state index contributed by atoms with van der Waals surface area (Å²) in [5, 5.41) is 15.3. The highest BCUT2D eigenvalue weighted by atomic mass is 16.6. The second-order valence-corrected chi connectivity index (χ2v) is 6.90. The van der Waals surface area contributed by atoms with Crippen LogP contribution in [0.1, 0.15) is 38.7 Å². The number of benzene rings is 1. The van der Waals surface area contributed by atoms with Crippen molar-refractivity contribution in [2.24, 2.45) is 5.92 Å². The van der Waals surface area contributed by atoms with E-state index in [-0.39, 0.29) is 17.7 Å². The molecule has 3 atom stereocenters. The van der Waals surface area contributed by atoms with Crippen LogP contribution in [0, 0.1) is 5.92 Å². The molecular formula is C19H28N2O4. The molecule has 1 saturated heterocycles. The van der Waals surface area contributed by atoms with Gasteiger partial charge >= 0.3 is 0 Å². The van der Waals surface area contributed by atoms with Crippen molar-refractivity contribution in [1.29, 1.82) is 0 Å². The van der Waals surface area contributed by atoms with Crippen LogP contribution in [-0.4, -0.2) is 41.9 Å². The van der Waals surface area contributed by atoms with Crippen LogP contribution in [0.25, 0.3) is 0 Å². The molecule has 1 heterocycles. The standard InChI is InChI=1S/C19H28N2O4/c1-13(2)12-16(18(23)21-15-10-11-25-19(15)24)20-17(22)9-8-14-6-4-3-5-7-14/h3-7,13,15-16,19,24H,8-12H2,1-2H3,(H,20,22)(H,21,23)/t15-,16-,19?/m0/s1. The number of aliphatic hydroxyl groups is 1. The smallest absolute Gasteiger partial charge is 0.242 e. The first-order valence-corrected chi connectivity index (χ1v) is 8.89. The topological polar surface area (TPSA) is 87.7 Å². The molecular weight excluding hydrogens is 320 g/mol. The van der Waals surface area contributed by atoms with Gasteiger partial charge in [-0.15, -0.1) is 0 Å². The molecule has 0 spiro atoms. The number of aliphatic hydroxyl groups excluding tert-OH is 1. The van der Waals surface area contributed by atoms with Gasteiger partial charge in [0.15, 0.2) is 6.29 Å². The van der Waals surface area contributed by atoms with E-state index in [2.05, 4.69) is 10.6 Å². The third kappa shape index (κ3) is 6.48. The Morgan fingerprint density at radius 1 is 1.28 bits per heavy atom. The van der Waals surface area contributed by atoms with Crippen LogP contribution in [0.5, 0.6) is 0 Å². The van der Waals surface area contributed by atoms with Crippen LogP contribution >= 0.6 is 0 Å². The minimum atomic E-state index is -0.975. The molecule has 1 aliphatic rings. The molecule has 2 amide bonds. The summed E-state index contributed by atoms with van der Waals surface area (Å²) in [5.41, 5.74) is 1.09. The minimum absolute atomic E-state index is 0.145. The summed E-state index contributed by atoms with van der Waals surface area (Å²) in [6.45, 7) is 4.43. The lowest BCUT2D eigenvalue weighted by molar-refractivity contribution is -0.131. The van der Waals surface area contributed by atoms with Gasteiger partial charge in [0.1, 0.15) is 6.04 Å².